The molecule has 1 saturated carbocycles. The van der Waals surface area contributed by atoms with Crippen LogP contribution in [0.4, 0.5) is 28.7 Å². The van der Waals surface area contributed by atoms with Crippen LogP contribution >= 0.6 is 9.84 Å². The van der Waals surface area contributed by atoms with E-state index in [9.17, 15) is 33.5 Å². The number of carbonyl (C=O) groups excluding carboxylic acids is 1. The number of allylic oxidation sites excluding steroid dienone is 1. The average molecular weight is 474 g/mol. The minimum atomic E-state index is -10.4. The number of halogens is 7. The van der Waals surface area contributed by atoms with Crippen LogP contribution in [0.1, 0.15) is 57.4 Å². The Morgan fingerprint density at radius 1 is 0.968 bits per heavy atom. The molecule has 0 heterocycles. The van der Waals surface area contributed by atoms with Gasteiger partial charge in [-0.1, -0.05) is 25.1 Å². The zero-order valence-corrected chi connectivity index (χ0v) is 17.8. The Balaban J connectivity index is 1.65. The number of benzene rings is 1. The van der Waals surface area contributed by atoms with Crippen LogP contribution < -0.4 is 0 Å². The highest BCUT2D eigenvalue weighted by atomic mass is 32.5. The Kier molecular flexibility index (Phi) is 5.73. The average Bonchev–Trinajstić information content (AvgIpc) is 2.67. The number of hydrogen-bond donors (Lipinski definition) is 0. The molecule has 1 unspecified atom stereocenters. The molecule has 3 rings (SSSR count). The van der Waals surface area contributed by atoms with Crippen LogP contribution in [-0.2, 0) is 9.53 Å². The predicted molar refractivity (Wildman–Crippen MR) is 106 cm³/mol. The van der Waals surface area contributed by atoms with Crippen LogP contribution in [0.3, 0.4) is 0 Å². The van der Waals surface area contributed by atoms with Crippen molar-refractivity contribution in [2.75, 3.05) is 0 Å². The smallest absolute Gasteiger partial charge is 0.462 e. The Morgan fingerprint density at radius 3 is 2.03 bits per heavy atom. The summed E-state index contributed by atoms with van der Waals surface area (Å²) in [6.07, 6.45) is 6.16. The van der Waals surface area contributed by atoms with Crippen molar-refractivity contribution in [1.29, 1.82) is 0 Å². The number of esters is 1. The standard InChI is InChI=1S/C21H25F7O2S/c1-14-2-4-17(5-3-14)20(29)30-18-10-6-15(7-11-18)16-8-12-19(13-9-16)31(25,26,27,28)21(22,23)24/h6,8-9,12-14,17-18H,2-5,7,10-11H2,1H3. The molecular weight excluding hydrogens is 449 g/mol. The second kappa shape index (κ2) is 7.42. The molecule has 1 aromatic carbocycles. The van der Waals surface area contributed by atoms with E-state index in [-0.39, 0.29) is 35.7 Å². The van der Waals surface area contributed by atoms with Gasteiger partial charge in [-0.25, -0.2) is 0 Å². The summed E-state index contributed by atoms with van der Waals surface area (Å²) in [4.78, 5) is 10.0. The normalized spacial score (nSPS) is 27.6. The van der Waals surface area contributed by atoms with Gasteiger partial charge in [-0.3, -0.25) is 4.79 Å². The summed E-state index contributed by atoms with van der Waals surface area (Å²) in [6.45, 7) is 2.15. The number of carbonyl (C=O) groups is 1. The summed E-state index contributed by atoms with van der Waals surface area (Å²) in [5.74, 6) is 0.278. The van der Waals surface area contributed by atoms with Gasteiger partial charge in [0.2, 0.25) is 0 Å². The maximum atomic E-state index is 13.6. The van der Waals surface area contributed by atoms with E-state index >= 15 is 0 Å². The van der Waals surface area contributed by atoms with E-state index in [4.69, 9.17) is 4.74 Å². The summed E-state index contributed by atoms with van der Waals surface area (Å²) in [6, 6.07) is 1.98. The van der Waals surface area contributed by atoms with Gasteiger partial charge < -0.3 is 4.74 Å². The van der Waals surface area contributed by atoms with Gasteiger partial charge in [-0.15, -0.1) is 15.5 Å². The minimum Gasteiger partial charge on any atom is -0.462 e. The van der Waals surface area contributed by atoms with Crippen LogP contribution in [0, 0.1) is 11.8 Å². The topological polar surface area (TPSA) is 26.3 Å². The molecule has 0 saturated heterocycles. The monoisotopic (exact) mass is 474 g/mol. The van der Waals surface area contributed by atoms with Crippen molar-refractivity contribution in [1.82, 2.24) is 0 Å². The van der Waals surface area contributed by atoms with Crippen molar-refractivity contribution >= 4 is 21.4 Å². The fourth-order valence-corrected chi connectivity index (χ4v) is 4.96. The Labute approximate surface area is 176 Å². The van der Waals surface area contributed by atoms with Crippen LogP contribution in [-0.4, -0.2) is 17.6 Å². The molecule has 0 amide bonds. The van der Waals surface area contributed by atoms with E-state index in [0.717, 1.165) is 37.8 Å². The zero-order chi connectivity index (χ0) is 23.1. The largest absolute Gasteiger partial charge is 0.510 e. The van der Waals surface area contributed by atoms with Crippen LogP contribution in [0.5, 0.6) is 0 Å². The second-order valence-electron chi connectivity index (χ2n) is 8.56. The molecule has 2 aliphatic rings. The van der Waals surface area contributed by atoms with Crippen molar-refractivity contribution < 1.29 is 38.2 Å². The first-order valence-corrected chi connectivity index (χ1v) is 12.2. The first kappa shape index (κ1) is 23.9. The van der Waals surface area contributed by atoms with Gasteiger partial charge in [0.15, 0.2) is 0 Å². The summed E-state index contributed by atoms with van der Waals surface area (Å²) in [5, 5.41) is 0. The maximum Gasteiger partial charge on any atom is 0.510 e. The lowest BCUT2D eigenvalue weighted by molar-refractivity contribution is -0.155. The van der Waals surface area contributed by atoms with Crippen LogP contribution in [0.15, 0.2) is 35.2 Å². The fourth-order valence-electron chi connectivity index (χ4n) is 4.01. The van der Waals surface area contributed by atoms with E-state index in [1.54, 1.807) is 6.08 Å². The quantitative estimate of drug-likeness (QED) is 0.324. The SMILES string of the molecule is CC1CCC(C(=O)OC2CC=C(c3ccc(S(F)(F)(F)(F)C(F)(F)F)cc3)CC2)CC1. The lowest BCUT2D eigenvalue weighted by Crippen LogP contribution is -2.32. The Bertz CT molecular complexity index is 862. The molecule has 0 spiro atoms. The first-order chi connectivity index (χ1) is 14.1. The van der Waals surface area contributed by atoms with Crippen molar-refractivity contribution in [3.63, 3.8) is 0 Å². The van der Waals surface area contributed by atoms with Gasteiger partial charge in [0.1, 0.15) is 6.10 Å². The molecule has 1 fully saturated rings. The number of ether oxygens (including phenoxy) is 1. The van der Waals surface area contributed by atoms with Gasteiger partial charge in [-0.05, 0) is 67.7 Å². The Hall–Kier alpha value is -1.71. The van der Waals surface area contributed by atoms with Gasteiger partial charge in [-0.2, -0.15) is 13.2 Å². The van der Waals surface area contributed by atoms with Gasteiger partial charge in [0, 0.05) is 6.42 Å². The predicted octanol–water partition coefficient (Wildman–Crippen LogP) is 8.28. The molecule has 1 aromatic rings. The molecule has 0 bridgehead atoms. The summed E-state index contributed by atoms with van der Waals surface area (Å²) in [7, 11) is -10.4. The molecule has 2 aliphatic carbocycles. The van der Waals surface area contributed by atoms with Gasteiger partial charge in [0.25, 0.3) is 9.84 Å². The fraction of sp³-hybridized carbons (Fsp3) is 0.571. The molecule has 0 N–H and O–H groups in total. The van der Waals surface area contributed by atoms with E-state index in [2.05, 4.69) is 6.92 Å². The third-order valence-electron chi connectivity index (χ3n) is 6.16. The highest BCUT2D eigenvalue weighted by molar-refractivity contribution is 8.50. The molecule has 2 nitrogen and oxygen atoms in total. The number of alkyl halides is 3. The third-order valence-corrected chi connectivity index (χ3v) is 8.31. The maximum absolute atomic E-state index is 13.6. The van der Waals surface area contributed by atoms with E-state index < -0.39 is 20.2 Å². The third kappa shape index (κ3) is 4.59. The number of hydrogen-bond acceptors (Lipinski definition) is 2. The highest BCUT2D eigenvalue weighted by Crippen LogP contribution is 3.06. The Morgan fingerprint density at radius 2 is 1.55 bits per heavy atom. The zero-order valence-electron chi connectivity index (χ0n) is 16.9. The molecule has 0 radical (unpaired) electrons. The number of rotatable bonds is 4. The van der Waals surface area contributed by atoms with E-state index in [1.165, 1.54) is 0 Å². The van der Waals surface area contributed by atoms with Crippen LogP contribution in [0.2, 0.25) is 0 Å². The lowest BCUT2D eigenvalue weighted by atomic mass is 9.83. The molecule has 176 valence electrons. The van der Waals surface area contributed by atoms with E-state index in [1.807, 2.05) is 0 Å². The minimum absolute atomic E-state index is 0.103. The summed E-state index contributed by atoms with van der Waals surface area (Å²) in [5.41, 5.74) is -6.05. The molecule has 0 aromatic heterocycles. The highest BCUT2D eigenvalue weighted by Gasteiger charge is 2.84. The molecule has 1 atom stereocenters. The van der Waals surface area contributed by atoms with Crippen molar-refractivity contribution in [3.8, 4) is 0 Å². The summed E-state index contributed by atoms with van der Waals surface area (Å²) < 4.78 is 97.4. The van der Waals surface area contributed by atoms with Gasteiger partial charge >= 0.3 is 11.5 Å². The second-order valence-corrected chi connectivity index (χ2v) is 11.6. The van der Waals surface area contributed by atoms with Crippen molar-refractivity contribution in [3.05, 3.63) is 35.9 Å². The van der Waals surface area contributed by atoms with Crippen LogP contribution in [0.25, 0.3) is 5.57 Å². The first-order valence-electron chi connectivity index (χ1n) is 10.2. The molecule has 31 heavy (non-hydrogen) atoms. The van der Waals surface area contributed by atoms with Crippen molar-refractivity contribution in [2.24, 2.45) is 11.8 Å². The lowest BCUT2D eigenvalue weighted by Gasteiger charge is -2.50. The van der Waals surface area contributed by atoms with Gasteiger partial charge in [0.05, 0.1) is 10.8 Å². The summed E-state index contributed by atoms with van der Waals surface area (Å²) >= 11 is 0. The van der Waals surface area contributed by atoms with Crippen molar-refractivity contribution in [2.45, 2.75) is 68.4 Å². The molecule has 10 heteroatoms. The molecule has 0 aliphatic heterocycles. The molecular formula is C21H25F7O2S. The van der Waals surface area contributed by atoms with E-state index in [0.29, 0.717) is 30.8 Å².